The molecule has 0 saturated carbocycles. The molecule has 3 aromatic carbocycles. The van der Waals surface area contributed by atoms with Crippen LogP contribution in [0.1, 0.15) is 15.9 Å². The first-order valence-corrected chi connectivity index (χ1v) is 10.0. The maximum atomic E-state index is 12.1. The molecular weight excluding hydrogens is 463 g/mol. The molecule has 0 fully saturated rings. The lowest BCUT2D eigenvalue weighted by molar-refractivity contribution is -0.123. The summed E-state index contributed by atoms with van der Waals surface area (Å²) in [4.78, 5) is 24.0. The number of hydrazone groups is 1. The van der Waals surface area contributed by atoms with E-state index in [0.29, 0.717) is 37.7 Å². The van der Waals surface area contributed by atoms with E-state index in [2.05, 4.69) is 10.5 Å². The molecule has 0 bridgehead atoms. The van der Waals surface area contributed by atoms with Crippen molar-refractivity contribution < 1.29 is 19.1 Å². The standard InChI is InChI=1S/C22H15Cl3N2O4/c23-16-3-1-2-15(10-16)22(29)31-18-7-4-14(5-8-18)12-26-27-21(28)13-30-20-9-6-17(24)11-19(20)25/h1-12H,13H2,(H,27,28). The van der Waals surface area contributed by atoms with Crippen LogP contribution in [0, 0.1) is 0 Å². The molecule has 0 aliphatic carbocycles. The van der Waals surface area contributed by atoms with Crippen molar-refractivity contribution in [2.24, 2.45) is 5.10 Å². The Hall–Kier alpha value is -3.06. The van der Waals surface area contributed by atoms with Crippen molar-refractivity contribution >= 4 is 52.9 Å². The van der Waals surface area contributed by atoms with Crippen molar-refractivity contribution in [3.63, 3.8) is 0 Å². The summed E-state index contributed by atoms with van der Waals surface area (Å²) in [5.41, 5.74) is 3.38. The lowest BCUT2D eigenvalue weighted by Crippen LogP contribution is -2.24. The highest BCUT2D eigenvalue weighted by Gasteiger charge is 2.09. The zero-order valence-corrected chi connectivity index (χ0v) is 18.1. The van der Waals surface area contributed by atoms with Gasteiger partial charge in [0, 0.05) is 10.0 Å². The maximum absolute atomic E-state index is 12.1. The third-order valence-electron chi connectivity index (χ3n) is 3.81. The Balaban J connectivity index is 1.47. The largest absolute Gasteiger partial charge is 0.482 e. The van der Waals surface area contributed by atoms with Gasteiger partial charge in [-0.1, -0.05) is 40.9 Å². The first-order valence-electron chi connectivity index (χ1n) is 8.88. The maximum Gasteiger partial charge on any atom is 0.343 e. The van der Waals surface area contributed by atoms with Crippen molar-refractivity contribution in [1.82, 2.24) is 5.43 Å². The summed E-state index contributed by atoms with van der Waals surface area (Å²) in [5, 5.41) is 5.08. The van der Waals surface area contributed by atoms with E-state index in [-0.39, 0.29) is 6.61 Å². The number of rotatable bonds is 7. The highest BCUT2D eigenvalue weighted by molar-refractivity contribution is 6.35. The minimum Gasteiger partial charge on any atom is -0.482 e. The van der Waals surface area contributed by atoms with E-state index >= 15 is 0 Å². The van der Waals surface area contributed by atoms with Crippen LogP contribution in [-0.2, 0) is 4.79 Å². The smallest absolute Gasteiger partial charge is 0.343 e. The number of nitrogens with one attached hydrogen (secondary N) is 1. The van der Waals surface area contributed by atoms with Crippen molar-refractivity contribution in [1.29, 1.82) is 0 Å². The molecule has 3 rings (SSSR count). The second kappa shape index (κ2) is 10.8. The molecule has 9 heteroatoms. The quantitative estimate of drug-likeness (QED) is 0.214. The van der Waals surface area contributed by atoms with Gasteiger partial charge in [-0.25, -0.2) is 10.2 Å². The molecule has 1 amide bonds. The third kappa shape index (κ3) is 7.00. The number of hydrogen-bond acceptors (Lipinski definition) is 5. The van der Waals surface area contributed by atoms with Crippen LogP contribution >= 0.6 is 34.8 Å². The summed E-state index contributed by atoms with van der Waals surface area (Å²) in [7, 11) is 0. The SMILES string of the molecule is O=C(COc1ccc(Cl)cc1Cl)NN=Cc1ccc(OC(=O)c2cccc(Cl)c2)cc1. The van der Waals surface area contributed by atoms with Crippen LogP contribution < -0.4 is 14.9 Å². The predicted molar refractivity (Wildman–Crippen MR) is 121 cm³/mol. The van der Waals surface area contributed by atoms with Crippen LogP contribution in [-0.4, -0.2) is 24.7 Å². The molecule has 0 atom stereocenters. The number of carbonyl (C=O) groups is 2. The predicted octanol–water partition coefficient (Wildman–Crippen LogP) is 5.40. The minimum absolute atomic E-state index is 0.267. The van der Waals surface area contributed by atoms with Gasteiger partial charge in [0.15, 0.2) is 6.61 Å². The summed E-state index contributed by atoms with van der Waals surface area (Å²) in [6, 6.07) is 17.8. The molecule has 158 valence electrons. The zero-order valence-electron chi connectivity index (χ0n) is 15.8. The Morgan fingerprint density at radius 3 is 2.39 bits per heavy atom. The van der Waals surface area contributed by atoms with E-state index in [4.69, 9.17) is 44.3 Å². The molecule has 0 radical (unpaired) electrons. The van der Waals surface area contributed by atoms with Gasteiger partial charge in [0.2, 0.25) is 0 Å². The van der Waals surface area contributed by atoms with Crippen LogP contribution in [0.25, 0.3) is 0 Å². The van der Waals surface area contributed by atoms with Gasteiger partial charge >= 0.3 is 5.97 Å². The second-order valence-electron chi connectivity index (χ2n) is 6.13. The number of benzene rings is 3. The van der Waals surface area contributed by atoms with E-state index in [1.807, 2.05) is 0 Å². The second-order valence-corrected chi connectivity index (χ2v) is 7.41. The fourth-order valence-corrected chi connectivity index (χ4v) is 3.00. The molecule has 0 saturated heterocycles. The molecular formula is C22H15Cl3N2O4. The summed E-state index contributed by atoms with van der Waals surface area (Å²) < 4.78 is 10.6. The molecule has 0 aliphatic rings. The number of hydrogen-bond donors (Lipinski definition) is 1. The molecule has 0 spiro atoms. The molecule has 0 aromatic heterocycles. The fourth-order valence-electron chi connectivity index (χ4n) is 2.35. The highest BCUT2D eigenvalue weighted by atomic mass is 35.5. The Morgan fingerprint density at radius 1 is 0.935 bits per heavy atom. The van der Waals surface area contributed by atoms with E-state index in [1.54, 1.807) is 54.6 Å². The molecule has 0 heterocycles. The number of nitrogens with zero attached hydrogens (tertiary/aromatic N) is 1. The first kappa shape index (κ1) is 22.6. The van der Waals surface area contributed by atoms with Crippen LogP contribution in [0.3, 0.4) is 0 Å². The summed E-state index contributed by atoms with van der Waals surface area (Å²) in [6.07, 6.45) is 1.44. The van der Waals surface area contributed by atoms with Crippen molar-refractivity contribution in [3.05, 3.63) is 92.9 Å². The van der Waals surface area contributed by atoms with Crippen molar-refractivity contribution in [3.8, 4) is 11.5 Å². The molecule has 1 N–H and O–H groups in total. The van der Waals surface area contributed by atoms with Gasteiger partial charge in [-0.15, -0.1) is 0 Å². The molecule has 0 unspecified atom stereocenters. The molecule has 31 heavy (non-hydrogen) atoms. The average Bonchev–Trinajstić information content (AvgIpc) is 2.74. The number of ether oxygens (including phenoxy) is 2. The van der Waals surface area contributed by atoms with E-state index in [0.717, 1.165) is 0 Å². The number of amides is 1. The lowest BCUT2D eigenvalue weighted by Gasteiger charge is -2.07. The summed E-state index contributed by atoms with van der Waals surface area (Å²) in [5.74, 6) is -0.279. The molecule has 3 aromatic rings. The summed E-state index contributed by atoms with van der Waals surface area (Å²) in [6.45, 7) is -0.267. The van der Waals surface area contributed by atoms with Crippen LogP contribution in [0.2, 0.25) is 15.1 Å². The Morgan fingerprint density at radius 2 is 1.68 bits per heavy atom. The third-order valence-corrected chi connectivity index (χ3v) is 4.57. The van der Waals surface area contributed by atoms with E-state index in [9.17, 15) is 9.59 Å². The Bertz CT molecular complexity index is 1120. The normalized spacial score (nSPS) is 10.7. The van der Waals surface area contributed by atoms with Crippen LogP contribution in [0.4, 0.5) is 0 Å². The molecule has 6 nitrogen and oxygen atoms in total. The van der Waals surface area contributed by atoms with Crippen molar-refractivity contribution in [2.75, 3.05) is 6.61 Å². The van der Waals surface area contributed by atoms with Crippen LogP contribution in [0.5, 0.6) is 11.5 Å². The number of carbonyl (C=O) groups excluding carboxylic acids is 2. The fraction of sp³-hybridized carbons (Fsp3) is 0.0455. The van der Waals surface area contributed by atoms with E-state index in [1.165, 1.54) is 18.3 Å². The molecule has 0 aliphatic heterocycles. The lowest BCUT2D eigenvalue weighted by atomic mass is 10.2. The monoisotopic (exact) mass is 476 g/mol. The average molecular weight is 478 g/mol. The topological polar surface area (TPSA) is 77.0 Å². The Kier molecular flexibility index (Phi) is 7.89. The van der Waals surface area contributed by atoms with Gasteiger partial charge in [0.1, 0.15) is 11.5 Å². The first-order chi connectivity index (χ1) is 14.9. The minimum atomic E-state index is -0.517. The van der Waals surface area contributed by atoms with Crippen LogP contribution in [0.15, 0.2) is 71.8 Å². The van der Waals surface area contributed by atoms with Gasteiger partial charge in [-0.2, -0.15) is 5.10 Å². The zero-order chi connectivity index (χ0) is 22.2. The van der Waals surface area contributed by atoms with Gasteiger partial charge in [-0.05, 0) is 66.2 Å². The van der Waals surface area contributed by atoms with Gasteiger partial charge in [0.05, 0.1) is 16.8 Å². The van der Waals surface area contributed by atoms with Crippen molar-refractivity contribution in [2.45, 2.75) is 0 Å². The van der Waals surface area contributed by atoms with E-state index < -0.39 is 11.9 Å². The highest BCUT2D eigenvalue weighted by Crippen LogP contribution is 2.27. The number of esters is 1. The number of halogens is 3. The summed E-state index contributed by atoms with van der Waals surface area (Å²) >= 11 is 17.7. The van der Waals surface area contributed by atoms with Gasteiger partial charge in [0.25, 0.3) is 5.91 Å². The van der Waals surface area contributed by atoms with Gasteiger partial charge in [-0.3, -0.25) is 4.79 Å². The Labute approximate surface area is 193 Å². The van der Waals surface area contributed by atoms with Gasteiger partial charge < -0.3 is 9.47 Å².